The summed E-state index contributed by atoms with van der Waals surface area (Å²) >= 11 is 5.52. The molecule has 0 aromatic rings. The minimum atomic E-state index is 0.414. The van der Waals surface area contributed by atoms with E-state index < -0.39 is 0 Å². The summed E-state index contributed by atoms with van der Waals surface area (Å²) in [4.78, 5) is 0. The second-order valence-corrected chi connectivity index (χ2v) is 2.26. The molecule has 2 unspecified atom stereocenters. The minimum Gasteiger partial charge on any atom is -0.378 e. The second-order valence-electron chi connectivity index (χ2n) is 1.95. The lowest BCUT2D eigenvalue weighted by molar-refractivity contribution is -0.0920. The first-order valence-corrected chi connectivity index (χ1v) is 3.05. The zero-order valence-corrected chi connectivity index (χ0v) is 5.11. The number of halogens is 1. The molecule has 1 saturated heterocycles. The molecule has 0 N–H and O–H groups in total. The molecule has 0 amide bonds. The average molecular weight is 121 g/mol. The maximum absolute atomic E-state index is 5.52. The lowest BCUT2D eigenvalue weighted by Gasteiger charge is -2.32. The highest BCUT2D eigenvalue weighted by Gasteiger charge is 2.26. The van der Waals surface area contributed by atoms with Gasteiger partial charge in [-0.1, -0.05) is 0 Å². The summed E-state index contributed by atoms with van der Waals surface area (Å²) in [6, 6.07) is 0. The largest absolute Gasteiger partial charge is 0.378 e. The number of ether oxygens (including phenoxy) is 1. The highest BCUT2D eigenvalue weighted by molar-refractivity contribution is 6.18. The smallest absolute Gasteiger partial charge is 0.0608 e. The number of hydrogen-bond acceptors (Lipinski definition) is 1. The first-order valence-electron chi connectivity index (χ1n) is 2.52. The van der Waals surface area contributed by atoms with E-state index in [0.717, 1.165) is 12.5 Å². The Labute approximate surface area is 48.6 Å². The van der Waals surface area contributed by atoms with Gasteiger partial charge in [-0.25, -0.2) is 0 Å². The van der Waals surface area contributed by atoms with Crippen molar-refractivity contribution in [3.8, 4) is 0 Å². The van der Waals surface area contributed by atoms with Crippen LogP contribution in [0.25, 0.3) is 0 Å². The highest BCUT2D eigenvalue weighted by Crippen LogP contribution is 2.19. The van der Waals surface area contributed by atoms with Crippen LogP contribution in [0, 0.1) is 5.92 Å². The third-order valence-corrected chi connectivity index (χ3v) is 1.83. The number of hydrogen-bond donors (Lipinski definition) is 0. The van der Waals surface area contributed by atoms with Crippen LogP contribution in [0.5, 0.6) is 0 Å². The molecule has 0 bridgehead atoms. The van der Waals surface area contributed by atoms with Crippen LogP contribution in [0.4, 0.5) is 0 Å². The summed E-state index contributed by atoms with van der Waals surface area (Å²) in [5, 5.41) is 0. The summed E-state index contributed by atoms with van der Waals surface area (Å²) in [5.41, 5.74) is 0. The van der Waals surface area contributed by atoms with Crippen molar-refractivity contribution >= 4 is 11.6 Å². The third-order valence-electron chi connectivity index (χ3n) is 1.44. The maximum atomic E-state index is 5.52. The summed E-state index contributed by atoms with van der Waals surface area (Å²) < 4.78 is 5.05. The molecule has 7 heavy (non-hydrogen) atoms. The van der Waals surface area contributed by atoms with E-state index in [1.54, 1.807) is 0 Å². The van der Waals surface area contributed by atoms with E-state index in [9.17, 15) is 0 Å². The van der Waals surface area contributed by atoms with Gasteiger partial charge in [-0.2, -0.15) is 0 Å². The van der Waals surface area contributed by atoms with Crippen LogP contribution >= 0.6 is 11.6 Å². The van der Waals surface area contributed by atoms with E-state index in [4.69, 9.17) is 16.3 Å². The van der Waals surface area contributed by atoms with Crippen molar-refractivity contribution in [1.29, 1.82) is 0 Å². The summed E-state index contributed by atoms with van der Waals surface area (Å²) in [6.07, 6.45) is 0.414. The molecule has 0 radical (unpaired) electrons. The van der Waals surface area contributed by atoms with E-state index in [0.29, 0.717) is 12.0 Å². The summed E-state index contributed by atoms with van der Waals surface area (Å²) in [6.45, 7) is 2.92. The summed E-state index contributed by atoms with van der Waals surface area (Å²) in [5.74, 6) is 1.38. The Morgan fingerprint density at radius 3 is 2.57 bits per heavy atom. The predicted molar refractivity (Wildman–Crippen MR) is 29.6 cm³/mol. The van der Waals surface area contributed by atoms with Gasteiger partial charge >= 0.3 is 0 Å². The van der Waals surface area contributed by atoms with Crippen molar-refractivity contribution in [3.63, 3.8) is 0 Å². The van der Waals surface area contributed by atoms with Crippen LogP contribution in [0.1, 0.15) is 6.92 Å². The van der Waals surface area contributed by atoms with Crippen molar-refractivity contribution < 1.29 is 4.74 Å². The van der Waals surface area contributed by atoms with Gasteiger partial charge in [-0.3, -0.25) is 0 Å². The Hall–Kier alpha value is 0.250. The van der Waals surface area contributed by atoms with Gasteiger partial charge in [-0.15, -0.1) is 11.6 Å². The van der Waals surface area contributed by atoms with Crippen molar-refractivity contribution in [3.05, 3.63) is 0 Å². The molecular formula is C5H9ClO. The molecule has 42 valence electrons. The molecule has 0 spiro atoms. The maximum Gasteiger partial charge on any atom is 0.0608 e. The zero-order valence-electron chi connectivity index (χ0n) is 4.36. The number of rotatable bonds is 1. The van der Waals surface area contributed by atoms with E-state index >= 15 is 0 Å². The molecule has 0 aromatic heterocycles. The first-order chi connectivity index (χ1) is 3.34. The molecule has 0 aromatic carbocycles. The van der Waals surface area contributed by atoms with Crippen LogP contribution in [-0.2, 0) is 4.74 Å². The highest BCUT2D eigenvalue weighted by atomic mass is 35.5. The SMILES string of the molecule is CC1OCC1CCl. The fraction of sp³-hybridized carbons (Fsp3) is 1.00. The molecular weight excluding hydrogens is 112 g/mol. The molecule has 1 heterocycles. The zero-order chi connectivity index (χ0) is 5.28. The van der Waals surface area contributed by atoms with Crippen LogP contribution < -0.4 is 0 Å². The Morgan fingerprint density at radius 1 is 1.86 bits per heavy atom. The average Bonchev–Trinajstić information content (AvgIpc) is 1.65. The van der Waals surface area contributed by atoms with Gasteiger partial charge in [0.15, 0.2) is 0 Å². The van der Waals surface area contributed by atoms with E-state index in [2.05, 4.69) is 6.92 Å². The molecule has 1 fully saturated rings. The lowest BCUT2D eigenvalue weighted by Crippen LogP contribution is -2.38. The van der Waals surface area contributed by atoms with Crippen molar-refractivity contribution in [2.45, 2.75) is 13.0 Å². The molecule has 0 aliphatic carbocycles. The van der Waals surface area contributed by atoms with Gasteiger partial charge in [-0.05, 0) is 6.92 Å². The number of alkyl halides is 1. The molecule has 1 nitrogen and oxygen atoms in total. The quantitative estimate of drug-likeness (QED) is 0.474. The molecule has 2 atom stereocenters. The standard InChI is InChI=1S/C5H9ClO/c1-4-5(2-6)3-7-4/h4-5H,2-3H2,1H3. The Balaban J connectivity index is 2.16. The second kappa shape index (κ2) is 2.01. The molecule has 0 saturated carbocycles. The van der Waals surface area contributed by atoms with Gasteiger partial charge in [0.05, 0.1) is 12.7 Å². The van der Waals surface area contributed by atoms with Crippen LogP contribution in [0.2, 0.25) is 0 Å². The normalized spacial score (nSPS) is 40.3. The molecule has 1 rings (SSSR count). The van der Waals surface area contributed by atoms with Crippen molar-refractivity contribution in [2.24, 2.45) is 5.92 Å². The van der Waals surface area contributed by atoms with Gasteiger partial charge in [0.2, 0.25) is 0 Å². The first kappa shape index (κ1) is 5.39. The Bertz CT molecular complexity index is 63.1. The lowest BCUT2D eigenvalue weighted by atomic mass is 10.0. The van der Waals surface area contributed by atoms with Gasteiger partial charge < -0.3 is 4.74 Å². The van der Waals surface area contributed by atoms with Gasteiger partial charge in [0.25, 0.3) is 0 Å². The van der Waals surface area contributed by atoms with Gasteiger partial charge in [0.1, 0.15) is 0 Å². The Kier molecular flexibility index (Phi) is 1.55. The van der Waals surface area contributed by atoms with E-state index in [1.807, 2.05) is 0 Å². The third kappa shape index (κ3) is 0.892. The Morgan fingerprint density at radius 2 is 2.57 bits per heavy atom. The monoisotopic (exact) mass is 120 g/mol. The van der Waals surface area contributed by atoms with E-state index in [-0.39, 0.29) is 0 Å². The van der Waals surface area contributed by atoms with Crippen LogP contribution in [0.3, 0.4) is 0 Å². The van der Waals surface area contributed by atoms with Crippen molar-refractivity contribution in [1.82, 2.24) is 0 Å². The predicted octanol–water partition coefficient (Wildman–Crippen LogP) is 1.26. The fourth-order valence-corrected chi connectivity index (χ4v) is 0.935. The van der Waals surface area contributed by atoms with Gasteiger partial charge in [0, 0.05) is 11.8 Å². The fourth-order valence-electron chi connectivity index (χ4n) is 0.595. The molecule has 1 aliphatic rings. The van der Waals surface area contributed by atoms with Crippen LogP contribution in [0.15, 0.2) is 0 Å². The summed E-state index contributed by atoms with van der Waals surface area (Å²) in [7, 11) is 0. The van der Waals surface area contributed by atoms with Crippen LogP contribution in [-0.4, -0.2) is 18.6 Å². The topological polar surface area (TPSA) is 9.23 Å². The van der Waals surface area contributed by atoms with E-state index in [1.165, 1.54) is 0 Å². The molecule has 2 heteroatoms. The molecule has 1 aliphatic heterocycles. The minimum absolute atomic E-state index is 0.414. The van der Waals surface area contributed by atoms with Crippen molar-refractivity contribution in [2.75, 3.05) is 12.5 Å².